The third kappa shape index (κ3) is 3.79. The Labute approximate surface area is 113 Å². The molecule has 0 heterocycles. The van der Waals surface area contributed by atoms with Crippen molar-refractivity contribution in [3.8, 4) is 0 Å². The zero-order valence-corrected chi connectivity index (χ0v) is 11.1. The highest BCUT2D eigenvalue weighted by Crippen LogP contribution is 2.13. The molecule has 5 heteroatoms. The van der Waals surface area contributed by atoms with E-state index >= 15 is 0 Å². The van der Waals surface area contributed by atoms with E-state index in [4.69, 9.17) is 0 Å². The highest BCUT2D eigenvalue weighted by Gasteiger charge is 2.06. The predicted octanol–water partition coefficient (Wildman–Crippen LogP) is 3.17. The minimum Gasteiger partial charge on any atom is -0.206 e. The fourth-order valence-corrected chi connectivity index (χ4v) is 1.56. The smallest absolute Gasteiger partial charge is 0.0874 e. The summed E-state index contributed by atoms with van der Waals surface area (Å²) < 4.78 is 0. The summed E-state index contributed by atoms with van der Waals surface area (Å²) in [5.41, 5.74) is 4.69. The van der Waals surface area contributed by atoms with Crippen molar-refractivity contribution in [2.75, 3.05) is 19.2 Å². The molecule has 0 aliphatic carbocycles. The fraction of sp³-hybridized carbons (Fsp3) is 0.143. The van der Waals surface area contributed by atoms with Crippen molar-refractivity contribution < 1.29 is 0 Å². The molecule has 5 nitrogen and oxygen atoms in total. The molecule has 0 amide bonds. The number of hydrazine groups is 2. The van der Waals surface area contributed by atoms with Gasteiger partial charge in [0.1, 0.15) is 0 Å². The number of rotatable bonds is 5. The van der Waals surface area contributed by atoms with Crippen molar-refractivity contribution in [2.24, 2.45) is 10.3 Å². The Bertz CT molecular complexity index is 510. The molecule has 0 atom stereocenters. The third-order valence-electron chi connectivity index (χ3n) is 2.46. The summed E-state index contributed by atoms with van der Waals surface area (Å²) in [5.74, 6) is 0. The molecule has 2 aromatic carbocycles. The van der Waals surface area contributed by atoms with Gasteiger partial charge in [0.05, 0.1) is 11.4 Å². The predicted molar refractivity (Wildman–Crippen MR) is 76.7 cm³/mol. The normalized spacial score (nSPS) is 10.9. The van der Waals surface area contributed by atoms with Gasteiger partial charge in [-0.3, -0.25) is 0 Å². The second-order valence-electron chi connectivity index (χ2n) is 4.13. The molecule has 98 valence electrons. The Kier molecular flexibility index (Phi) is 4.47. The SMILES string of the molecule is CN(C)N(NN=Nc1ccccc1)c1ccccc1. The summed E-state index contributed by atoms with van der Waals surface area (Å²) in [6.07, 6.45) is 0. The maximum absolute atomic E-state index is 4.10. The highest BCUT2D eigenvalue weighted by molar-refractivity contribution is 5.43. The number of nitrogens with one attached hydrogen (secondary N) is 1. The van der Waals surface area contributed by atoms with E-state index in [1.807, 2.05) is 79.8 Å². The lowest BCUT2D eigenvalue weighted by atomic mass is 10.3. The summed E-state index contributed by atoms with van der Waals surface area (Å²) in [7, 11) is 3.86. The second kappa shape index (κ2) is 6.51. The van der Waals surface area contributed by atoms with Gasteiger partial charge in [0, 0.05) is 14.1 Å². The van der Waals surface area contributed by atoms with Gasteiger partial charge in [-0.1, -0.05) is 41.6 Å². The molecule has 19 heavy (non-hydrogen) atoms. The number of anilines is 1. The van der Waals surface area contributed by atoms with Crippen LogP contribution in [0.25, 0.3) is 0 Å². The summed E-state index contributed by atoms with van der Waals surface area (Å²) in [6.45, 7) is 0. The van der Waals surface area contributed by atoms with Crippen LogP contribution >= 0.6 is 0 Å². The maximum atomic E-state index is 4.10. The van der Waals surface area contributed by atoms with Crippen LogP contribution in [0.15, 0.2) is 71.0 Å². The third-order valence-corrected chi connectivity index (χ3v) is 2.46. The van der Waals surface area contributed by atoms with E-state index in [1.54, 1.807) is 5.12 Å². The average molecular weight is 255 g/mol. The van der Waals surface area contributed by atoms with Crippen molar-refractivity contribution in [3.63, 3.8) is 0 Å². The van der Waals surface area contributed by atoms with Crippen molar-refractivity contribution in [2.45, 2.75) is 0 Å². The van der Waals surface area contributed by atoms with Crippen molar-refractivity contribution in [1.29, 1.82) is 0 Å². The standard InChI is InChI=1S/C14H17N5/c1-18(2)19(14-11-7-4-8-12-14)17-16-15-13-9-5-3-6-10-13/h3-12H,1-2H3,(H,15,17). The molecule has 0 aliphatic rings. The fourth-order valence-electron chi connectivity index (χ4n) is 1.56. The number of hydrogen-bond donors (Lipinski definition) is 1. The first kappa shape index (κ1) is 13.0. The van der Waals surface area contributed by atoms with Crippen molar-refractivity contribution in [1.82, 2.24) is 10.5 Å². The molecule has 0 radical (unpaired) electrons. The summed E-state index contributed by atoms with van der Waals surface area (Å²) in [4.78, 5) is 0. The molecule has 0 aromatic heterocycles. The summed E-state index contributed by atoms with van der Waals surface area (Å²) >= 11 is 0. The van der Waals surface area contributed by atoms with E-state index in [0.29, 0.717) is 0 Å². The van der Waals surface area contributed by atoms with Gasteiger partial charge in [-0.2, -0.15) is 5.53 Å². The largest absolute Gasteiger partial charge is 0.206 e. The summed E-state index contributed by atoms with van der Waals surface area (Å²) in [6, 6.07) is 19.5. The second-order valence-corrected chi connectivity index (χ2v) is 4.13. The van der Waals surface area contributed by atoms with Crippen LogP contribution in [0.5, 0.6) is 0 Å². The Hall–Kier alpha value is -2.40. The van der Waals surface area contributed by atoms with E-state index < -0.39 is 0 Å². The number of para-hydroxylation sites is 1. The molecular weight excluding hydrogens is 238 g/mol. The van der Waals surface area contributed by atoms with Crippen molar-refractivity contribution >= 4 is 11.4 Å². The van der Waals surface area contributed by atoms with E-state index in [1.165, 1.54) is 0 Å². The van der Waals surface area contributed by atoms with Crippen LogP contribution in [-0.2, 0) is 0 Å². The van der Waals surface area contributed by atoms with Crippen LogP contribution in [0.4, 0.5) is 11.4 Å². The van der Waals surface area contributed by atoms with E-state index in [9.17, 15) is 0 Å². The van der Waals surface area contributed by atoms with Gasteiger partial charge in [-0.05, 0) is 24.3 Å². The highest BCUT2D eigenvalue weighted by atomic mass is 15.9. The van der Waals surface area contributed by atoms with E-state index in [2.05, 4.69) is 15.9 Å². The topological polar surface area (TPSA) is 43.2 Å². The Balaban J connectivity index is 2.05. The first-order chi connectivity index (χ1) is 9.27. The summed E-state index contributed by atoms with van der Waals surface area (Å²) in [5, 5.41) is 11.8. The zero-order chi connectivity index (χ0) is 13.5. The molecule has 0 fully saturated rings. The minimum atomic E-state index is 0.807. The molecule has 0 aliphatic heterocycles. The van der Waals surface area contributed by atoms with Gasteiger partial charge in [-0.15, -0.1) is 5.11 Å². The Morgan fingerprint density at radius 2 is 1.42 bits per heavy atom. The Morgan fingerprint density at radius 3 is 2.00 bits per heavy atom. The molecule has 0 bridgehead atoms. The van der Waals surface area contributed by atoms with Crippen LogP contribution < -0.4 is 10.7 Å². The van der Waals surface area contributed by atoms with Gasteiger partial charge < -0.3 is 0 Å². The van der Waals surface area contributed by atoms with E-state index in [-0.39, 0.29) is 0 Å². The molecule has 2 rings (SSSR count). The maximum Gasteiger partial charge on any atom is 0.0874 e. The molecule has 2 aromatic rings. The average Bonchev–Trinajstić information content (AvgIpc) is 2.45. The minimum absolute atomic E-state index is 0.807. The lowest BCUT2D eigenvalue weighted by molar-refractivity contribution is 0.319. The Morgan fingerprint density at radius 1 is 0.842 bits per heavy atom. The van der Waals surface area contributed by atoms with Crippen LogP contribution in [0.2, 0.25) is 0 Å². The number of hydrogen-bond acceptors (Lipinski definition) is 4. The lowest BCUT2D eigenvalue weighted by Gasteiger charge is -2.28. The van der Waals surface area contributed by atoms with Gasteiger partial charge in [0.15, 0.2) is 0 Å². The lowest BCUT2D eigenvalue weighted by Crippen LogP contribution is -2.44. The van der Waals surface area contributed by atoms with Gasteiger partial charge in [-0.25, -0.2) is 10.1 Å². The van der Waals surface area contributed by atoms with Crippen LogP contribution in [-0.4, -0.2) is 19.1 Å². The number of nitrogens with zero attached hydrogens (tertiary/aromatic N) is 4. The molecule has 0 spiro atoms. The molecule has 0 unspecified atom stereocenters. The van der Waals surface area contributed by atoms with Gasteiger partial charge in [0.2, 0.25) is 0 Å². The molecule has 1 N–H and O–H groups in total. The van der Waals surface area contributed by atoms with Crippen LogP contribution in [0.1, 0.15) is 0 Å². The first-order valence-corrected chi connectivity index (χ1v) is 6.01. The van der Waals surface area contributed by atoms with Gasteiger partial charge in [0.25, 0.3) is 0 Å². The monoisotopic (exact) mass is 255 g/mol. The molecule has 0 saturated heterocycles. The first-order valence-electron chi connectivity index (χ1n) is 6.01. The van der Waals surface area contributed by atoms with Gasteiger partial charge >= 0.3 is 0 Å². The zero-order valence-electron chi connectivity index (χ0n) is 11.1. The molecular formula is C14H17N5. The van der Waals surface area contributed by atoms with Crippen molar-refractivity contribution in [3.05, 3.63) is 60.7 Å². The quantitative estimate of drug-likeness (QED) is 0.659. The number of benzene rings is 2. The van der Waals surface area contributed by atoms with Crippen LogP contribution in [0.3, 0.4) is 0 Å². The molecule has 0 saturated carbocycles. The van der Waals surface area contributed by atoms with E-state index in [0.717, 1.165) is 11.4 Å². The van der Waals surface area contributed by atoms with Crippen LogP contribution in [0, 0.1) is 0 Å².